The summed E-state index contributed by atoms with van der Waals surface area (Å²) in [5, 5.41) is 4.38. The minimum Gasteiger partial charge on any atom is -0.310 e. The zero-order valence-corrected chi connectivity index (χ0v) is 15.8. The van der Waals surface area contributed by atoms with Crippen molar-refractivity contribution in [3.8, 4) is 0 Å². The van der Waals surface area contributed by atoms with Gasteiger partial charge in [0.05, 0.1) is 5.02 Å². The Morgan fingerprint density at radius 3 is 2.33 bits per heavy atom. The summed E-state index contributed by atoms with van der Waals surface area (Å²) in [6, 6.07) is 6.72. The van der Waals surface area contributed by atoms with Crippen LogP contribution in [0.3, 0.4) is 0 Å². The van der Waals surface area contributed by atoms with Crippen molar-refractivity contribution in [3.05, 3.63) is 33.3 Å². The number of unbranched alkanes of at least 4 members (excludes halogenated alkanes) is 6. The number of hydrogen-bond donors (Lipinski definition) is 1. The predicted octanol–water partition coefficient (Wildman–Crippen LogP) is 6.89. The van der Waals surface area contributed by atoms with Crippen LogP contribution in [0.4, 0.5) is 0 Å². The Labute approximate surface area is 144 Å². The molecule has 0 bridgehead atoms. The molecular formula is C18H29BrClN. The van der Waals surface area contributed by atoms with Crippen LogP contribution in [-0.4, -0.2) is 6.54 Å². The van der Waals surface area contributed by atoms with Gasteiger partial charge in [-0.3, -0.25) is 0 Å². The summed E-state index contributed by atoms with van der Waals surface area (Å²) >= 11 is 9.61. The minimum absolute atomic E-state index is 0.444. The highest BCUT2D eigenvalue weighted by molar-refractivity contribution is 9.10. The Morgan fingerprint density at radius 2 is 1.71 bits per heavy atom. The highest BCUT2D eigenvalue weighted by Gasteiger charge is 2.11. The van der Waals surface area contributed by atoms with Gasteiger partial charge in [0.2, 0.25) is 0 Å². The topological polar surface area (TPSA) is 12.0 Å². The van der Waals surface area contributed by atoms with E-state index in [2.05, 4.69) is 47.2 Å². The lowest BCUT2D eigenvalue weighted by Crippen LogP contribution is -2.20. The van der Waals surface area contributed by atoms with Crippen molar-refractivity contribution in [1.29, 1.82) is 0 Å². The molecular weight excluding hydrogens is 346 g/mol. The van der Waals surface area contributed by atoms with Gasteiger partial charge in [-0.15, -0.1) is 0 Å². The lowest BCUT2D eigenvalue weighted by Gasteiger charge is -2.19. The Bertz CT molecular complexity index is 395. The van der Waals surface area contributed by atoms with E-state index >= 15 is 0 Å². The van der Waals surface area contributed by atoms with Crippen LogP contribution in [0.2, 0.25) is 5.02 Å². The first-order valence-electron chi connectivity index (χ1n) is 8.37. The fourth-order valence-electron chi connectivity index (χ4n) is 2.67. The van der Waals surface area contributed by atoms with Gasteiger partial charge in [-0.05, 0) is 46.6 Å². The number of halogens is 2. The molecule has 1 rings (SSSR count). The first kappa shape index (κ1) is 19.0. The molecule has 0 aliphatic rings. The van der Waals surface area contributed by atoms with Gasteiger partial charge < -0.3 is 5.32 Å². The summed E-state index contributed by atoms with van der Waals surface area (Å²) < 4.78 is 0.990. The second kappa shape index (κ2) is 11.5. The molecule has 1 atom stereocenters. The minimum atomic E-state index is 0.444. The molecule has 1 unspecified atom stereocenters. The highest BCUT2D eigenvalue weighted by Crippen LogP contribution is 2.28. The van der Waals surface area contributed by atoms with Gasteiger partial charge in [0.25, 0.3) is 0 Å². The van der Waals surface area contributed by atoms with E-state index in [4.69, 9.17) is 11.6 Å². The molecule has 0 radical (unpaired) electrons. The van der Waals surface area contributed by atoms with Crippen molar-refractivity contribution in [1.82, 2.24) is 5.32 Å². The highest BCUT2D eigenvalue weighted by atomic mass is 79.9. The second-order valence-electron chi connectivity index (χ2n) is 5.69. The second-order valence-corrected chi connectivity index (χ2v) is 6.96. The molecule has 0 saturated heterocycles. The van der Waals surface area contributed by atoms with E-state index in [1.54, 1.807) is 0 Å². The molecule has 21 heavy (non-hydrogen) atoms. The molecule has 0 spiro atoms. The maximum atomic E-state index is 6.08. The Hall–Kier alpha value is -0.0500. The van der Waals surface area contributed by atoms with Crippen LogP contribution in [-0.2, 0) is 0 Å². The molecule has 0 aliphatic heterocycles. The van der Waals surface area contributed by atoms with Crippen LogP contribution >= 0.6 is 27.5 Å². The smallest absolute Gasteiger partial charge is 0.0548 e. The predicted molar refractivity (Wildman–Crippen MR) is 98.2 cm³/mol. The van der Waals surface area contributed by atoms with Crippen LogP contribution in [0, 0.1) is 0 Å². The molecule has 1 aromatic carbocycles. The third-order valence-electron chi connectivity index (χ3n) is 3.89. The monoisotopic (exact) mass is 373 g/mol. The van der Waals surface area contributed by atoms with Gasteiger partial charge in [-0.2, -0.15) is 0 Å². The molecule has 0 aliphatic carbocycles. The fourth-order valence-corrected chi connectivity index (χ4v) is 3.18. The van der Waals surface area contributed by atoms with Gasteiger partial charge in [0.1, 0.15) is 0 Å². The summed E-state index contributed by atoms with van der Waals surface area (Å²) in [4.78, 5) is 0. The van der Waals surface area contributed by atoms with Crippen molar-refractivity contribution in [2.45, 2.75) is 71.3 Å². The summed E-state index contributed by atoms with van der Waals surface area (Å²) in [6.45, 7) is 5.44. The van der Waals surface area contributed by atoms with Crippen LogP contribution < -0.4 is 5.32 Å². The largest absolute Gasteiger partial charge is 0.310 e. The van der Waals surface area contributed by atoms with E-state index in [-0.39, 0.29) is 0 Å². The standard InChI is InChI=1S/C18H29BrClN/c1-3-5-6-7-8-9-10-11-18(21-4-2)15-12-13-17(20)16(19)14-15/h12-14,18,21H,3-11H2,1-2H3. The van der Waals surface area contributed by atoms with Crippen molar-refractivity contribution >= 4 is 27.5 Å². The summed E-state index contributed by atoms with van der Waals surface area (Å²) in [5.74, 6) is 0. The molecule has 0 saturated carbocycles. The number of hydrogen-bond acceptors (Lipinski definition) is 1. The zero-order chi connectivity index (χ0) is 15.5. The number of rotatable bonds is 11. The number of benzene rings is 1. The van der Waals surface area contributed by atoms with E-state index in [9.17, 15) is 0 Å². The molecule has 0 amide bonds. The molecule has 0 heterocycles. The zero-order valence-electron chi connectivity index (χ0n) is 13.4. The maximum absolute atomic E-state index is 6.08. The van der Waals surface area contributed by atoms with E-state index in [1.807, 2.05) is 6.07 Å². The Balaban J connectivity index is 2.37. The number of nitrogens with one attached hydrogen (secondary N) is 1. The van der Waals surface area contributed by atoms with Gasteiger partial charge in [0, 0.05) is 10.5 Å². The molecule has 1 aromatic rings. The molecule has 0 aromatic heterocycles. The van der Waals surface area contributed by atoms with Crippen LogP contribution in [0.15, 0.2) is 22.7 Å². The average Bonchev–Trinajstić information content (AvgIpc) is 2.48. The Morgan fingerprint density at radius 1 is 1.05 bits per heavy atom. The third-order valence-corrected chi connectivity index (χ3v) is 5.11. The maximum Gasteiger partial charge on any atom is 0.0548 e. The Kier molecular flexibility index (Phi) is 10.4. The molecule has 1 N–H and O–H groups in total. The van der Waals surface area contributed by atoms with Crippen molar-refractivity contribution in [3.63, 3.8) is 0 Å². The van der Waals surface area contributed by atoms with Gasteiger partial charge in [-0.1, -0.05) is 76.5 Å². The van der Waals surface area contributed by atoms with Crippen molar-refractivity contribution in [2.24, 2.45) is 0 Å². The summed E-state index contributed by atoms with van der Waals surface area (Å²) in [7, 11) is 0. The van der Waals surface area contributed by atoms with Gasteiger partial charge in [0.15, 0.2) is 0 Å². The third kappa shape index (κ3) is 7.67. The van der Waals surface area contributed by atoms with Crippen molar-refractivity contribution in [2.75, 3.05) is 6.54 Å². The summed E-state index contributed by atoms with van der Waals surface area (Å²) in [6.07, 6.45) is 10.7. The first-order chi connectivity index (χ1) is 10.2. The van der Waals surface area contributed by atoms with Crippen LogP contribution in [0.5, 0.6) is 0 Å². The lowest BCUT2D eigenvalue weighted by atomic mass is 9.99. The van der Waals surface area contributed by atoms with E-state index in [0.717, 1.165) is 16.0 Å². The lowest BCUT2D eigenvalue weighted by molar-refractivity contribution is 0.475. The SMILES string of the molecule is CCCCCCCCCC(NCC)c1ccc(Cl)c(Br)c1. The van der Waals surface area contributed by atoms with Crippen LogP contribution in [0.25, 0.3) is 0 Å². The molecule has 0 fully saturated rings. The van der Waals surface area contributed by atoms with Gasteiger partial charge >= 0.3 is 0 Å². The normalized spacial score (nSPS) is 12.6. The first-order valence-corrected chi connectivity index (χ1v) is 9.54. The van der Waals surface area contributed by atoms with E-state index in [0.29, 0.717) is 6.04 Å². The summed E-state index contributed by atoms with van der Waals surface area (Å²) in [5.41, 5.74) is 1.33. The molecule has 1 nitrogen and oxygen atoms in total. The molecule has 3 heteroatoms. The molecule has 120 valence electrons. The van der Waals surface area contributed by atoms with Crippen molar-refractivity contribution < 1.29 is 0 Å². The van der Waals surface area contributed by atoms with Crippen LogP contribution in [0.1, 0.15) is 76.8 Å². The van der Waals surface area contributed by atoms with E-state index in [1.165, 1.54) is 56.9 Å². The quantitative estimate of drug-likeness (QED) is 0.416. The fraction of sp³-hybridized carbons (Fsp3) is 0.667. The van der Waals surface area contributed by atoms with Gasteiger partial charge in [-0.25, -0.2) is 0 Å². The van der Waals surface area contributed by atoms with E-state index < -0.39 is 0 Å². The average molecular weight is 375 g/mol.